The normalized spacial score (nSPS) is 14.5. The summed E-state index contributed by atoms with van der Waals surface area (Å²) in [4.78, 5) is 26.2. The molecule has 0 bridgehead atoms. The monoisotopic (exact) mass is 598 g/mol. The molecule has 4 rings (SSSR count). The minimum absolute atomic E-state index is 0.179. The van der Waals surface area contributed by atoms with Crippen molar-refractivity contribution in [3.05, 3.63) is 82.4 Å². The fourth-order valence-electron chi connectivity index (χ4n) is 5.40. The zero-order valence-electron chi connectivity index (χ0n) is 22.0. The maximum Gasteiger partial charge on any atom is 0.416 e. The second-order valence-corrected chi connectivity index (χ2v) is 10.2. The molecule has 1 aliphatic rings. The fraction of sp³-hybridized carbons (Fsp3) is 0.333. The number of rotatable bonds is 7. The van der Waals surface area contributed by atoms with E-state index in [1.54, 1.807) is 6.07 Å². The maximum atomic E-state index is 13.3. The topological polar surface area (TPSA) is 52.6 Å². The Balaban J connectivity index is 2.01. The molecule has 0 fully saturated rings. The van der Waals surface area contributed by atoms with Crippen molar-refractivity contribution in [1.29, 1.82) is 0 Å². The lowest BCUT2D eigenvalue weighted by atomic mass is 9.83. The Morgan fingerprint density at radius 3 is 1.68 bits per heavy atom. The van der Waals surface area contributed by atoms with Crippen molar-refractivity contribution in [3.8, 4) is 22.3 Å². The lowest BCUT2D eigenvalue weighted by Gasteiger charge is -2.22. The molecule has 0 unspecified atom stereocenters. The first-order valence-corrected chi connectivity index (χ1v) is 13.1. The third-order valence-corrected chi connectivity index (χ3v) is 7.61. The van der Waals surface area contributed by atoms with Gasteiger partial charge >= 0.3 is 24.3 Å². The number of halogens is 7. The number of benzene rings is 3. The highest BCUT2D eigenvalue weighted by Crippen LogP contribution is 2.49. The minimum atomic E-state index is -4.56. The van der Waals surface area contributed by atoms with Crippen LogP contribution in [0.2, 0.25) is 0 Å². The predicted octanol–water partition coefficient (Wildman–Crippen LogP) is 7.66. The van der Waals surface area contributed by atoms with Gasteiger partial charge in [0.05, 0.1) is 25.3 Å². The van der Waals surface area contributed by atoms with E-state index in [1.807, 2.05) is 0 Å². The molecule has 0 spiro atoms. The minimum Gasteiger partial charge on any atom is -0.468 e. The summed E-state index contributed by atoms with van der Waals surface area (Å²) in [6, 6.07) is 10.7. The van der Waals surface area contributed by atoms with Crippen molar-refractivity contribution in [1.82, 2.24) is 0 Å². The van der Waals surface area contributed by atoms with Gasteiger partial charge in [0.15, 0.2) is 5.41 Å². The number of alkyl halides is 7. The van der Waals surface area contributed by atoms with Gasteiger partial charge in [0.25, 0.3) is 0 Å². The molecule has 11 heteroatoms. The zero-order chi connectivity index (χ0) is 30.2. The lowest BCUT2D eigenvalue weighted by molar-refractivity contribution is -0.168. The highest BCUT2D eigenvalue weighted by molar-refractivity contribution is 6.17. The van der Waals surface area contributed by atoms with Crippen molar-refractivity contribution < 1.29 is 45.4 Å². The van der Waals surface area contributed by atoms with Crippen LogP contribution in [-0.4, -0.2) is 32.0 Å². The summed E-state index contributed by atoms with van der Waals surface area (Å²) in [5, 5.41) is 0. The number of aryl methyl sites for hydroxylation is 1. The van der Waals surface area contributed by atoms with E-state index in [4.69, 9.17) is 21.1 Å². The lowest BCUT2D eigenvalue weighted by Crippen LogP contribution is -2.42. The van der Waals surface area contributed by atoms with Gasteiger partial charge in [0.2, 0.25) is 0 Å². The van der Waals surface area contributed by atoms with Gasteiger partial charge < -0.3 is 9.47 Å². The summed E-state index contributed by atoms with van der Waals surface area (Å²) in [6.07, 6.45) is -8.60. The summed E-state index contributed by atoms with van der Waals surface area (Å²) in [7, 11) is 2.24. The summed E-state index contributed by atoms with van der Waals surface area (Å²) in [5.41, 5.74) is 0.0116. The third kappa shape index (κ3) is 5.80. The van der Waals surface area contributed by atoms with Crippen molar-refractivity contribution in [2.45, 2.75) is 38.0 Å². The molecule has 0 N–H and O–H groups in total. The van der Waals surface area contributed by atoms with Crippen LogP contribution in [0.3, 0.4) is 0 Å². The van der Waals surface area contributed by atoms with E-state index in [9.17, 15) is 35.9 Å². The van der Waals surface area contributed by atoms with Crippen LogP contribution < -0.4 is 0 Å². The number of ether oxygens (including phenoxy) is 2. The van der Waals surface area contributed by atoms with E-state index in [-0.39, 0.29) is 18.7 Å². The molecule has 3 aromatic rings. The molecule has 4 nitrogen and oxygen atoms in total. The van der Waals surface area contributed by atoms with Gasteiger partial charge in [-0.25, -0.2) is 0 Å². The second kappa shape index (κ2) is 11.4. The molecule has 0 atom stereocenters. The first kappa shape index (κ1) is 30.4. The molecule has 0 aliphatic heterocycles. The van der Waals surface area contributed by atoms with Crippen LogP contribution in [0, 0.1) is 5.41 Å². The quantitative estimate of drug-likeness (QED) is 0.121. The Kier molecular flexibility index (Phi) is 8.45. The predicted molar refractivity (Wildman–Crippen MR) is 140 cm³/mol. The van der Waals surface area contributed by atoms with Crippen molar-refractivity contribution in [2.75, 3.05) is 20.1 Å². The van der Waals surface area contributed by atoms with E-state index in [1.165, 1.54) is 24.3 Å². The van der Waals surface area contributed by atoms with Gasteiger partial charge in [-0.2, -0.15) is 26.3 Å². The molecule has 0 aromatic heterocycles. The van der Waals surface area contributed by atoms with Gasteiger partial charge in [-0.15, -0.1) is 11.6 Å². The largest absolute Gasteiger partial charge is 0.468 e. The molecule has 41 heavy (non-hydrogen) atoms. The van der Waals surface area contributed by atoms with Crippen molar-refractivity contribution >= 4 is 23.5 Å². The Hall–Kier alpha value is -3.53. The van der Waals surface area contributed by atoms with Crippen LogP contribution in [0.1, 0.15) is 34.2 Å². The van der Waals surface area contributed by atoms with Crippen molar-refractivity contribution in [2.24, 2.45) is 5.41 Å². The van der Waals surface area contributed by atoms with Gasteiger partial charge in [-0.05, 0) is 76.1 Å². The third-order valence-electron chi connectivity index (χ3n) is 7.34. The molecule has 0 saturated heterocycles. The van der Waals surface area contributed by atoms with Crippen LogP contribution in [-0.2, 0) is 50.7 Å². The molecule has 218 valence electrons. The summed E-state index contributed by atoms with van der Waals surface area (Å²) in [5.74, 6) is -1.45. The average molecular weight is 599 g/mol. The molecule has 0 amide bonds. The number of methoxy groups -OCH3 is 2. The van der Waals surface area contributed by atoms with Gasteiger partial charge in [0.1, 0.15) is 0 Å². The van der Waals surface area contributed by atoms with Gasteiger partial charge in [-0.3, -0.25) is 9.59 Å². The second-order valence-electron chi connectivity index (χ2n) is 9.78. The smallest absolute Gasteiger partial charge is 0.416 e. The first-order valence-electron chi connectivity index (χ1n) is 12.5. The number of esters is 2. The number of carbonyl (C=O) groups is 2. The highest BCUT2D eigenvalue weighted by atomic mass is 35.5. The van der Waals surface area contributed by atoms with Gasteiger partial charge in [0, 0.05) is 18.7 Å². The standard InChI is InChI=1S/C30H25ClF6O4/c1-40-26(38)28(27(39)41-2)15-23-22(17-5-9-20(10-6-17)29(32,33)34)14-19(4-3-13-31)25(24(23)16-28)18-7-11-21(12-8-18)30(35,36)37/h5-12,14H,3-4,13,15-16H2,1-2H3. The van der Waals surface area contributed by atoms with Crippen LogP contribution in [0.4, 0.5) is 26.3 Å². The van der Waals surface area contributed by atoms with E-state index in [2.05, 4.69) is 0 Å². The van der Waals surface area contributed by atoms with E-state index in [0.29, 0.717) is 51.8 Å². The van der Waals surface area contributed by atoms with Crippen LogP contribution in [0.5, 0.6) is 0 Å². The SMILES string of the molecule is COC(=O)C1(C(=O)OC)Cc2c(-c3ccc(C(F)(F)F)cc3)cc(CCCCl)c(-c3ccc(C(F)(F)F)cc3)c2C1. The fourth-order valence-corrected chi connectivity index (χ4v) is 5.54. The number of hydrogen-bond donors (Lipinski definition) is 0. The first-order chi connectivity index (χ1) is 19.3. The number of carbonyl (C=O) groups excluding carboxylic acids is 2. The van der Waals surface area contributed by atoms with Crippen LogP contribution in [0.25, 0.3) is 22.3 Å². The zero-order valence-corrected chi connectivity index (χ0v) is 22.8. The average Bonchev–Trinajstić information content (AvgIpc) is 3.35. The van der Waals surface area contributed by atoms with Crippen LogP contribution >= 0.6 is 11.6 Å². The number of fused-ring (bicyclic) bond motifs is 1. The molecule has 0 heterocycles. The summed E-state index contributed by atoms with van der Waals surface area (Å²) < 4.78 is 89.6. The molecular formula is C30H25ClF6O4. The van der Waals surface area contributed by atoms with E-state index < -0.39 is 40.8 Å². The Bertz CT molecular complexity index is 1430. The molecule has 3 aromatic carbocycles. The highest BCUT2D eigenvalue weighted by Gasteiger charge is 2.54. The van der Waals surface area contributed by atoms with Crippen LogP contribution in [0.15, 0.2) is 54.6 Å². The maximum absolute atomic E-state index is 13.3. The van der Waals surface area contributed by atoms with E-state index >= 15 is 0 Å². The molecule has 0 radical (unpaired) electrons. The molecule has 0 saturated carbocycles. The summed E-state index contributed by atoms with van der Waals surface area (Å²) >= 11 is 5.97. The van der Waals surface area contributed by atoms with E-state index in [0.717, 1.165) is 38.5 Å². The Labute approximate surface area is 237 Å². The van der Waals surface area contributed by atoms with Gasteiger partial charge in [-0.1, -0.05) is 30.3 Å². The summed E-state index contributed by atoms with van der Waals surface area (Å²) in [6.45, 7) is 0. The molecular weight excluding hydrogens is 574 g/mol. The Morgan fingerprint density at radius 2 is 1.24 bits per heavy atom. The number of hydrogen-bond acceptors (Lipinski definition) is 4. The van der Waals surface area contributed by atoms with Crippen molar-refractivity contribution in [3.63, 3.8) is 0 Å². The Morgan fingerprint density at radius 1 is 0.780 bits per heavy atom. The molecule has 1 aliphatic carbocycles.